The number of ether oxygens (including phenoxy) is 2. The SMILES string of the molecule is CCOC(C(=O)Cc1cc(Cl)ccc1OC)C1CC1. The highest BCUT2D eigenvalue weighted by Crippen LogP contribution is 2.35. The summed E-state index contributed by atoms with van der Waals surface area (Å²) in [5.74, 6) is 1.21. The van der Waals surface area contributed by atoms with Crippen LogP contribution in [0.25, 0.3) is 0 Å². The molecule has 0 heterocycles. The van der Waals surface area contributed by atoms with Crippen LogP contribution in [-0.2, 0) is 16.0 Å². The average Bonchev–Trinajstić information content (AvgIpc) is 3.20. The summed E-state index contributed by atoms with van der Waals surface area (Å²) in [6.45, 7) is 2.49. The maximum absolute atomic E-state index is 12.3. The topological polar surface area (TPSA) is 35.5 Å². The Labute approximate surface area is 118 Å². The van der Waals surface area contributed by atoms with E-state index in [9.17, 15) is 4.79 Å². The number of hydrogen-bond donors (Lipinski definition) is 0. The number of Topliss-reactive ketones (excluding diaryl/α,β-unsaturated/α-hetero) is 1. The van der Waals surface area contributed by atoms with Crippen molar-refractivity contribution in [1.29, 1.82) is 0 Å². The molecule has 4 heteroatoms. The summed E-state index contributed by atoms with van der Waals surface area (Å²) in [4.78, 5) is 12.3. The molecular weight excluding hydrogens is 264 g/mol. The van der Waals surface area contributed by atoms with Crippen LogP contribution in [0.2, 0.25) is 5.02 Å². The minimum Gasteiger partial charge on any atom is -0.496 e. The molecule has 1 aromatic rings. The molecule has 104 valence electrons. The summed E-state index contributed by atoms with van der Waals surface area (Å²) >= 11 is 5.97. The van der Waals surface area contributed by atoms with Gasteiger partial charge >= 0.3 is 0 Å². The van der Waals surface area contributed by atoms with E-state index in [2.05, 4.69) is 0 Å². The number of carbonyl (C=O) groups excluding carboxylic acids is 1. The molecule has 1 aromatic carbocycles. The van der Waals surface area contributed by atoms with Crippen molar-refractivity contribution >= 4 is 17.4 Å². The average molecular weight is 283 g/mol. The van der Waals surface area contributed by atoms with Crippen LogP contribution in [0.5, 0.6) is 5.75 Å². The molecule has 1 saturated carbocycles. The third-order valence-corrected chi connectivity index (χ3v) is 3.56. The predicted molar refractivity (Wildman–Crippen MR) is 74.9 cm³/mol. The lowest BCUT2D eigenvalue weighted by Gasteiger charge is -2.16. The number of halogens is 1. The second kappa shape index (κ2) is 6.40. The minimum atomic E-state index is -0.270. The molecule has 0 N–H and O–H groups in total. The summed E-state index contributed by atoms with van der Waals surface area (Å²) < 4.78 is 10.8. The lowest BCUT2D eigenvalue weighted by molar-refractivity contribution is -0.130. The largest absolute Gasteiger partial charge is 0.496 e. The van der Waals surface area contributed by atoms with Crippen molar-refractivity contribution in [2.24, 2.45) is 5.92 Å². The first-order chi connectivity index (χ1) is 9.15. The fourth-order valence-electron chi connectivity index (χ4n) is 2.24. The Morgan fingerprint density at radius 3 is 2.79 bits per heavy atom. The Hall–Kier alpha value is -1.06. The third kappa shape index (κ3) is 3.71. The molecule has 1 aliphatic carbocycles. The second-order valence-corrected chi connectivity index (χ2v) is 5.25. The smallest absolute Gasteiger partial charge is 0.166 e. The van der Waals surface area contributed by atoms with Crippen molar-refractivity contribution in [1.82, 2.24) is 0 Å². The highest BCUT2D eigenvalue weighted by molar-refractivity contribution is 6.30. The van der Waals surface area contributed by atoms with E-state index in [0.717, 1.165) is 18.4 Å². The van der Waals surface area contributed by atoms with E-state index in [1.807, 2.05) is 6.92 Å². The van der Waals surface area contributed by atoms with Crippen molar-refractivity contribution in [3.05, 3.63) is 28.8 Å². The van der Waals surface area contributed by atoms with Gasteiger partial charge in [-0.15, -0.1) is 0 Å². The van der Waals surface area contributed by atoms with Crippen molar-refractivity contribution in [3.8, 4) is 5.75 Å². The van der Waals surface area contributed by atoms with Gasteiger partial charge in [0.1, 0.15) is 11.9 Å². The molecule has 0 aliphatic heterocycles. The zero-order valence-electron chi connectivity index (χ0n) is 11.3. The van der Waals surface area contributed by atoms with Crippen LogP contribution in [0.4, 0.5) is 0 Å². The van der Waals surface area contributed by atoms with Gasteiger partial charge in [-0.3, -0.25) is 4.79 Å². The van der Waals surface area contributed by atoms with E-state index in [-0.39, 0.29) is 11.9 Å². The molecular formula is C15H19ClO3. The standard InChI is InChI=1S/C15H19ClO3/c1-3-19-15(10-4-5-10)13(17)9-11-8-12(16)6-7-14(11)18-2/h6-8,10,15H,3-5,9H2,1-2H3. The molecule has 1 fully saturated rings. The summed E-state index contributed by atoms with van der Waals surface area (Å²) in [6.07, 6.45) is 2.21. The van der Waals surface area contributed by atoms with Crippen LogP contribution < -0.4 is 4.74 Å². The molecule has 0 spiro atoms. The summed E-state index contributed by atoms with van der Waals surface area (Å²) in [5, 5.41) is 0.614. The molecule has 2 rings (SSSR count). The Morgan fingerprint density at radius 2 is 2.21 bits per heavy atom. The van der Waals surface area contributed by atoms with Crippen molar-refractivity contribution < 1.29 is 14.3 Å². The summed E-state index contributed by atoms with van der Waals surface area (Å²) in [6, 6.07) is 5.33. The monoisotopic (exact) mass is 282 g/mol. The molecule has 0 amide bonds. The molecule has 1 aliphatic rings. The first-order valence-electron chi connectivity index (χ1n) is 6.62. The van der Waals surface area contributed by atoms with Crippen LogP contribution in [-0.4, -0.2) is 25.6 Å². The van der Waals surface area contributed by atoms with E-state index in [1.165, 1.54) is 0 Å². The maximum atomic E-state index is 12.3. The zero-order chi connectivity index (χ0) is 13.8. The van der Waals surface area contributed by atoms with Crippen molar-refractivity contribution in [2.75, 3.05) is 13.7 Å². The van der Waals surface area contributed by atoms with Gasteiger partial charge in [-0.05, 0) is 43.9 Å². The van der Waals surface area contributed by atoms with Crippen molar-refractivity contribution in [3.63, 3.8) is 0 Å². The molecule has 1 unspecified atom stereocenters. The van der Waals surface area contributed by atoms with Crippen LogP contribution in [0.1, 0.15) is 25.3 Å². The van der Waals surface area contributed by atoms with Gasteiger partial charge < -0.3 is 9.47 Å². The lowest BCUT2D eigenvalue weighted by Crippen LogP contribution is -2.28. The quantitative estimate of drug-likeness (QED) is 0.770. The molecule has 0 radical (unpaired) electrons. The Morgan fingerprint density at radius 1 is 1.47 bits per heavy atom. The van der Waals surface area contributed by atoms with Crippen LogP contribution in [0.3, 0.4) is 0 Å². The number of ketones is 1. The normalized spacial score (nSPS) is 16.2. The van der Waals surface area contributed by atoms with Gasteiger partial charge in [0.05, 0.1) is 7.11 Å². The van der Waals surface area contributed by atoms with Crippen molar-refractivity contribution in [2.45, 2.75) is 32.3 Å². The number of methoxy groups -OCH3 is 1. The van der Waals surface area contributed by atoms with E-state index < -0.39 is 0 Å². The Balaban J connectivity index is 2.10. The molecule has 0 aromatic heterocycles. The van der Waals surface area contributed by atoms with Gasteiger partial charge in [0.25, 0.3) is 0 Å². The van der Waals surface area contributed by atoms with Gasteiger partial charge in [-0.2, -0.15) is 0 Å². The highest BCUT2D eigenvalue weighted by atomic mass is 35.5. The van der Waals surface area contributed by atoms with Crippen LogP contribution >= 0.6 is 11.6 Å². The minimum absolute atomic E-state index is 0.116. The van der Waals surface area contributed by atoms with E-state index in [0.29, 0.717) is 29.7 Å². The highest BCUT2D eigenvalue weighted by Gasteiger charge is 2.36. The maximum Gasteiger partial charge on any atom is 0.166 e. The van der Waals surface area contributed by atoms with E-state index >= 15 is 0 Å². The molecule has 0 saturated heterocycles. The van der Waals surface area contributed by atoms with Gasteiger partial charge in [-0.25, -0.2) is 0 Å². The van der Waals surface area contributed by atoms with Gasteiger partial charge in [-0.1, -0.05) is 11.6 Å². The first kappa shape index (κ1) is 14.4. The number of benzene rings is 1. The molecule has 19 heavy (non-hydrogen) atoms. The molecule has 3 nitrogen and oxygen atoms in total. The van der Waals surface area contributed by atoms with Gasteiger partial charge in [0.2, 0.25) is 0 Å². The Kier molecular flexibility index (Phi) is 4.83. The second-order valence-electron chi connectivity index (χ2n) is 4.81. The Bertz CT molecular complexity index is 455. The predicted octanol–water partition coefficient (Wildman–Crippen LogP) is 3.28. The van der Waals surface area contributed by atoms with Crippen LogP contribution in [0.15, 0.2) is 18.2 Å². The van der Waals surface area contributed by atoms with Gasteiger partial charge in [0, 0.05) is 23.6 Å². The third-order valence-electron chi connectivity index (χ3n) is 3.32. The number of carbonyl (C=O) groups is 1. The zero-order valence-corrected chi connectivity index (χ0v) is 12.1. The summed E-state index contributed by atoms with van der Waals surface area (Å²) in [7, 11) is 1.60. The number of rotatable bonds is 7. The molecule has 0 bridgehead atoms. The first-order valence-corrected chi connectivity index (χ1v) is 7.00. The lowest BCUT2D eigenvalue weighted by atomic mass is 10.0. The summed E-state index contributed by atoms with van der Waals surface area (Å²) in [5.41, 5.74) is 0.824. The van der Waals surface area contributed by atoms with Gasteiger partial charge in [0.15, 0.2) is 5.78 Å². The number of hydrogen-bond acceptors (Lipinski definition) is 3. The van der Waals surface area contributed by atoms with Crippen LogP contribution in [0, 0.1) is 5.92 Å². The fourth-order valence-corrected chi connectivity index (χ4v) is 2.44. The van der Waals surface area contributed by atoms with E-state index in [4.69, 9.17) is 21.1 Å². The molecule has 1 atom stereocenters. The fraction of sp³-hybridized carbons (Fsp3) is 0.533. The van der Waals surface area contributed by atoms with E-state index in [1.54, 1.807) is 25.3 Å².